The zero-order chi connectivity index (χ0) is 38.4. The van der Waals surface area contributed by atoms with Crippen LogP contribution in [0.5, 0.6) is 0 Å². The van der Waals surface area contributed by atoms with E-state index < -0.39 is 0 Å². The van der Waals surface area contributed by atoms with Crippen LogP contribution in [0.25, 0.3) is 66.1 Å². The Bertz CT molecular complexity index is 3000. The first-order valence-electron chi connectivity index (χ1n) is 19.6. The Balaban J connectivity index is 1.16. The molecule has 0 saturated heterocycles. The van der Waals surface area contributed by atoms with E-state index in [0.29, 0.717) is 0 Å². The van der Waals surface area contributed by atoms with E-state index in [-0.39, 0.29) is 0 Å². The lowest BCUT2D eigenvalue weighted by molar-refractivity contribution is 0.668. The lowest BCUT2D eigenvalue weighted by Crippen LogP contribution is -2.17. The number of fused-ring (bicyclic) bond motifs is 6. The van der Waals surface area contributed by atoms with E-state index in [1.54, 1.807) is 0 Å². The highest BCUT2D eigenvalue weighted by Gasteiger charge is 2.27. The number of anilines is 6. The maximum Gasteiger partial charge on any atom is 0.159 e. The van der Waals surface area contributed by atoms with Gasteiger partial charge in [-0.2, -0.15) is 0 Å². The van der Waals surface area contributed by atoms with Gasteiger partial charge in [0.05, 0.1) is 22.7 Å². The summed E-state index contributed by atoms with van der Waals surface area (Å²) in [5.74, 6) is 0. The summed E-state index contributed by atoms with van der Waals surface area (Å²) in [6.07, 6.45) is 0. The molecule has 11 aromatic rings. The van der Waals surface area contributed by atoms with Crippen LogP contribution in [0.2, 0.25) is 0 Å². The van der Waals surface area contributed by atoms with E-state index in [0.717, 1.165) is 89.1 Å². The summed E-state index contributed by atoms with van der Waals surface area (Å²) in [6.45, 7) is 0. The van der Waals surface area contributed by atoms with Gasteiger partial charge < -0.3 is 18.6 Å². The third kappa shape index (κ3) is 5.70. The highest BCUT2D eigenvalue weighted by Crippen LogP contribution is 2.50. The lowest BCUT2D eigenvalue weighted by Gasteiger charge is -2.33. The van der Waals surface area contributed by atoms with Crippen LogP contribution in [-0.4, -0.2) is 0 Å². The van der Waals surface area contributed by atoms with Crippen molar-refractivity contribution in [1.82, 2.24) is 0 Å². The molecule has 2 heterocycles. The monoisotopic (exact) mass is 744 g/mol. The Morgan fingerprint density at radius 3 is 1.00 bits per heavy atom. The SMILES string of the molecule is c1ccc(-c2ccc(N(c3ccccc3N(c3ccc(-c4ccccc4)cc3)c3cccc4c3oc3ccccc34)c3cccc4c3oc3ccccc34)cc2)cc1. The van der Waals surface area contributed by atoms with E-state index >= 15 is 0 Å². The summed E-state index contributed by atoms with van der Waals surface area (Å²) in [5.41, 5.74) is 13.8. The maximum absolute atomic E-state index is 6.75. The lowest BCUT2D eigenvalue weighted by atomic mass is 10.0. The van der Waals surface area contributed by atoms with Gasteiger partial charge in [-0.05, 0) is 82.9 Å². The van der Waals surface area contributed by atoms with E-state index in [1.165, 1.54) is 11.1 Å². The highest BCUT2D eigenvalue weighted by molar-refractivity contribution is 6.13. The third-order valence-corrected chi connectivity index (χ3v) is 11.1. The Labute approximate surface area is 336 Å². The first-order chi connectivity index (χ1) is 28.8. The number of benzene rings is 9. The molecule has 0 unspecified atom stereocenters. The van der Waals surface area contributed by atoms with Crippen LogP contribution in [0.1, 0.15) is 0 Å². The molecule has 0 N–H and O–H groups in total. The molecule has 4 nitrogen and oxygen atoms in total. The molecule has 274 valence electrons. The van der Waals surface area contributed by atoms with Gasteiger partial charge in [0.1, 0.15) is 11.2 Å². The zero-order valence-electron chi connectivity index (χ0n) is 31.5. The van der Waals surface area contributed by atoms with Gasteiger partial charge >= 0.3 is 0 Å². The van der Waals surface area contributed by atoms with E-state index in [2.05, 4.69) is 204 Å². The first kappa shape index (κ1) is 33.5. The zero-order valence-corrected chi connectivity index (χ0v) is 31.5. The second-order valence-electron chi connectivity index (χ2n) is 14.5. The fraction of sp³-hybridized carbons (Fsp3) is 0. The molecule has 0 aliphatic heterocycles. The van der Waals surface area contributed by atoms with Crippen molar-refractivity contribution < 1.29 is 8.83 Å². The van der Waals surface area contributed by atoms with E-state index in [9.17, 15) is 0 Å². The normalized spacial score (nSPS) is 11.4. The molecular weight excluding hydrogens is 709 g/mol. The molecule has 0 spiro atoms. The predicted molar refractivity (Wildman–Crippen MR) is 241 cm³/mol. The maximum atomic E-state index is 6.75. The molecule has 0 atom stereocenters. The summed E-state index contributed by atoms with van der Waals surface area (Å²) in [4.78, 5) is 4.66. The van der Waals surface area contributed by atoms with Crippen molar-refractivity contribution in [3.05, 3.63) is 218 Å². The number of hydrogen-bond donors (Lipinski definition) is 0. The second-order valence-corrected chi connectivity index (χ2v) is 14.5. The topological polar surface area (TPSA) is 32.8 Å². The molecule has 0 bridgehead atoms. The van der Waals surface area contributed by atoms with Crippen LogP contribution in [-0.2, 0) is 0 Å². The summed E-state index contributed by atoms with van der Waals surface area (Å²) in [6, 6.07) is 76.7. The molecular formula is C54H36N2O2. The number of hydrogen-bond acceptors (Lipinski definition) is 4. The van der Waals surface area contributed by atoms with Gasteiger partial charge in [0, 0.05) is 32.9 Å². The molecule has 0 aliphatic carbocycles. The number of rotatable bonds is 8. The molecule has 2 aromatic heterocycles. The standard InChI is InChI=1S/C54H36N2O2/c1-3-15-37(16-4-1)39-29-33-41(34-30-39)55(49-25-13-21-45-43-19-7-11-27-51(43)57-53(45)49)47-23-9-10-24-48(47)56(42-35-31-40(32-36-42)38-17-5-2-6-18-38)50-26-14-22-46-44-20-8-12-28-52(44)58-54(46)50/h1-36H. The molecule has 4 heteroatoms. The smallest absolute Gasteiger partial charge is 0.159 e. The van der Waals surface area contributed by atoms with Gasteiger partial charge in [0.2, 0.25) is 0 Å². The Morgan fingerprint density at radius 1 is 0.241 bits per heavy atom. The molecule has 0 saturated carbocycles. The molecule has 0 aliphatic rings. The van der Waals surface area contributed by atoms with Crippen molar-refractivity contribution in [3.8, 4) is 22.3 Å². The van der Waals surface area contributed by atoms with Crippen LogP contribution in [0.4, 0.5) is 34.1 Å². The van der Waals surface area contributed by atoms with Gasteiger partial charge in [-0.3, -0.25) is 0 Å². The molecule has 11 rings (SSSR count). The number of furan rings is 2. The van der Waals surface area contributed by atoms with Gasteiger partial charge in [-0.1, -0.05) is 158 Å². The highest BCUT2D eigenvalue weighted by atomic mass is 16.3. The van der Waals surface area contributed by atoms with Crippen molar-refractivity contribution >= 4 is 78.0 Å². The number of para-hydroxylation sites is 6. The molecule has 0 radical (unpaired) electrons. The minimum Gasteiger partial charge on any atom is -0.454 e. The quantitative estimate of drug-likeness (QED) is 0.155. The second kappa shape index (κ2) is 14.0. The van der Waals surface area contributed by atoms with E-state index in [1.807, 2.05) is 24.3 Å². The number of nitrogens with zero attached hydrogens (tertiary/aromatic N) is 2. The van der Waals surface area contributed by atoms with Crippen molar-refractivity contribution in [3.63, 3.8) is 0 Å². The van der Waals surface area contributed by atoms with Gasteiger partial charge in [0.25, 0.3) is 0 Å². The summed E-state index contributed by atoms with van der Waals surface area (Å²) in [7, 11) is 0. The van der Waals surface area contributed by atoms with Gasteiger partial charge in [-0.15, -0.1) is 0 Å². The fourth-order valence-electron chi connectivity index (χ4n) is 8.34. The van der Waals surface area contributed by atoms with Crippen molar-refractivity contribution in [1.29, 1.82) is 0 Å². The minimum atomic E-state index is 0.823. The van der Waals surface area contributed by atoms with Crippen molar-refractivity contribution in [2.24, 2.45) is 0 Å². The summed E-state index contributed by atoms with van der Waals surface area (Å²) >= 11 is 0. The van der Waals surface area contributed by atoms with Crippen LogP contribution < -0.4 is 9.80 Å². The molecule has 0 fully saturated rings. The average molecular weight is 745 g/mol. The summed E-state index contributed by atoms with van der Waals surface area (Å²) < 4.78 is 13.5. The Morgan fingerprint density at radius 2 is 0.569 bits per heavy atom. The van der Waals surface area contributed by atoms with Crippen LogP contribution in [0.15, 0.2) is 227 Å². The van der Waals surface area contributed by atoms with Crippen LogP contribution in [0.3, 0.4) is 0 Å². The van der Waals surface area contributed by atoms with Crippen LogP contribution >= 0.6 is 0 Å². The van der Waals surface area contributed by atoms with E-state index in [4.69, 9.17) is 8.83 Å². The molecule has 9 aromatic carbocycles. The largest absolute Gasteiger partial charge is 0.454 e. The fourth-order valence-corrected chi connectivity index (χ4v) is 8.34. The average Bonchev–Trinajstić information content (AvgIpc) is 3.88. The minimum absolute atomic E-state index is 0.823. The third-order valence-electron chi connectivity index (χ3n) is 11.1. The Kier molecular flexibility index (Phi) is 8.11. The van der Waals surface area contributed by atoms with Gasteiger partial charge in [-0.25, -0.2) is 0 Å². The Hall–Kier alpha value is -7.82. The van der Waals surface area contributed by atoms with Crippen molar-refractivity contribution in [2.75, 3.05) is 9.80 Å². The summed E-state index contributed by atoms with van der Waals surface area (Å²) in [5, 5.41) is 4.31. The molecule has 0 amide bonds. The molecule has 58 heavy (non-hydrogen) atoms. The first-order valence-corrected chi connectivity index (χ1v) is 19.6. The van der Waals surface area contributed by atoms with Gasteiger partial charge in [0.15, 0.2) is 11.2 Å². The van der Waals surface area contributed by atoms with Crippen LogP contribution in [0, 0.1) is 0 Å². The van der Waals surface area contributed by atoms with Crippen molar-refractivity contribution in [2.45, 2.75) is 0 Å². The predicted octanol–water partition coefficient (Wildman–Crippen LogP) is 15.8.